The minimum Gasteiger partial charge on any atom is -0.381 e. The van der Waals surface area contributed by atoms with Crippen LogP contribution < -0.4 is 10.2 Å². The molecule has 0 amide bonds. The standard InChI is InChI=1S/C13H17F3N2O/c1-10-8-17-11-4-2-3-5-12(11)18(10)6-7-19-9-13(14,15)16/h2-5,10,17H,6-9H2,1H3. The number of fused-ring (bicyclic) bond motifs is 1. The smallest absolute Gasteiger partial charge is 0.381 e. The fourth-order valence-electron chi connectivity index (χ4n) is 2.17. The molecule has 0 saturated heterocycles. The molecule has 0 aromatic heterocycles. The lowest BCUT2D eigenvalue weighted by Crippen LogP contribution is -2.44. The topological polar surface area (TPSA) is 24.5 Å². The molecular formula is C13H17F3N2O. The van der Waals surface area contributed by atoms with E-state index in [2.05, 4.69) is 15.0 Å². The van der Waals surface area contributed by atoms with E-state index in [0.717, 1.165) is 17.9 Å². The Morgan fingerprint density at radius 3 is 2.84 bits per heavy atom. The number of halogens is 3. The van der Waals surface area contributed by atoms with Gasteiger partial charge in [0.1, 0.15) is 6.61 Å². The molecule has 19 heavy (non-hydrogen) atoms. The van der Waals surface area contributed by atoms with Gasteiger partial charge in [-0.25, -0.2) is 0 Å². The van der Waals surface area contributed by atoms with E-state index in [1.807, 2.05) is 31.2 Å². The number of hydrogen-bond donors (Lipinski definition) is 1. The Kier molecular flexibility index (Phi) is 4.19. The third kappa shape index (κ3) is 3.76. The summed E-state index contributed by atoms with van der Waals surface area (Å²) >= 11 is 0. The van der Waals surface area contributed by atoms with Crippen LogP contribution in [-0.4, -0.2) is 38.5 Å². The molecule has 0 radical (unpaired) electrons. The molecule has 0 fully saturated rings. The van der Waals surface area contributed by atoms with Crippen LogP contribution in [0.1, 0.15) is 6.92 Å². The summed E-state index contributed by atoms with van der Waals surface area (Å²) in [5.41, 5.74) is 2.02. The van der Waals surface area contributed by atoms with Crippen molar-refractivity contribution in [3.8, 4) is 0 Å². The van der Waals surface area contributed by atoms with Crippen molar-refractivity contribution in [3.63, 3.8) is 0 Å². The first-order chi connectivity index (χ1) is 8.97. The molecule has 106 valence electrons. The molecule has 1 N–H and O–H groups in total. The predicted molar refractivity (Wildman–Crippen MR) is 68.6 cm³/mol. The normalized spacial score (nSPS) is 18.9. The maximum Gasteiger partial charge on any atom is 0.411 e. The van der Waals surface area contributed by atoms with Crippen molar-refractivity contribution in [2.75, 3.05) is 36.5 Å². The van der Waals surface area contributed by atoms with E-state index in [9.17, 15) is 13.2 Å². The number of alkyl halides is 3. The van der Waals surface area contributed by atoms with Gasteiger partial charge in [-0.3, -0.25) is 0 Å². The molecule has 6 heteroatoms. The Balaban J connectivity index is 1.92. The molecule has 0 bridgehead atoms. The second kappa shape index (κ2) is 5.69. The SMILES string of the molecule is CC1CNc2ccccc2N1CCOCC(F)(F)F. The zero-order chi connectivity index (χ0) is 13.9. The van der Waals surface area contributed by atoms with E-state index in [-0.39, 0.29) is 12.6 Å². The van der Waals surface area contributed by atoms with Gasteiger partial charge >= 0.3 is 6.18 Å². The van der Waals surface area contributed by atoms with Gasteiger partial charge < -0.3 is 15.0 Å². The van der Waals surface area contributed by atoms with Gasteiger partial charge in [0.05, 0.1) is 18.0 Å². The molecule has 0 saturated carbocycles. The molecule has 3 nitrogen and oxygen atoms in total. The summed E-state index contributed by atoms with van der Waals surface area (Å²) in [6.07, 6.45) is -4.26. The van der Waals surface area contributed by atoms with Crippen LogP contribution in [0.15, 0.2) is 24.3 Å². The summed E-state index contributed by atoms with van der Waals surface area (Å²) in [6.45, 7) is 2.15. The van der Waals surface area contributed by atoms with Crippen molar-refractivity contribution < 1.29 is 17.9 Å². The highest BCUT2D eigenvalue weighted by atomic mass is 19.4. The van der Waals surface area contributed by atoms with Crippen LogP contribution in [0.2, 0.25) is 0 Å². The molecule has 1 unspecified atom stereocenters. The van der Waals surface area contributed by atoms with E-state index in [4.69, 9.17) is 0 Å². The third-order valence-corrected chi connectivity index (χ3v) is 3.08. The predicted octanol–water partition coefficient (Wildman–Crippen LogP) is 2.89. The van der Waals surface area contributed by atoms with Crippen molar-refractivity contribution >= 4 is 11.4 Å². The summed E-state index contributed by atoms with van der Waals surface area (Å²) in [5.74, 6) is 0. The number of para-hydroxylation sites is 2. The van der Waals surface area contributed by atoms with Gasteiger partial charge in [-0.2, -0.15) is 13.2 Å². The highest BCUT2D eigenvalue weighted by Gasteiger charge is 2.28. The average molecular weight is 274 g/mol. The Hall–Kier alpha value is -1.43. The Bertz CT molecular complexity index is 423. The Labute approximate surface area is 110 Å². The largest absolute Gasteiger partial charge is 0.411 e. The minimum absolute atomic E-state index is 0.0676. The fourth-order valence-corrected chi connectivity index (χ4v) is 2.17. The zero-order valence-corrected chi connectivity index (χ0v) is 10.7. The average Bonchev–Trinajstić information content (AvgIpc) is 2.35. The van der Waals surface area contributed by atoms with E-state index >= 15 is 0 Å². The number of anilines is 2. The van der Waals surface area contributed by atoms with E-state index in [1.54, 1.807) is 0 Å². The number of nitrogens with one attached hydrogen (secondary N) is 1. The second-order valence-corrected chi connectivity index (χ2v) is 4.61. The van der Waals surface area contributed by atoms with E-state index < -0.39 is 12.8 Å². The summed E-state index contributed by atoms with van der Waals surface area (Å²) < 4.78 is 40.6. The number of rotatable bonds is 4. The number of ether oxygens (including phenoxy) is 1. The zero-order valence-electron chi connectivity index (χ0n) is 10.7. The lowest BCUT2D eigenvalue weighted by Gasteiger charge is -2.37. The van der Waals surface area contributed by atoms with Gasteiger partial charge in [0.15, 0.2) is 0 Å². The Morgan fingerprint density at radius 2 is 2.11 bits per heavy atom. The van der Waals surface area contributed by atoms with Crippen LogP contribution in [0.25, 0.3) is 0 Å². The van der Waals surface area contributed by atoms with Crippen molar-refractivity contribution in [2.24, 2.45) is 0 Å². The minimum atomic E-state index is -4.26. The van der Waals surface area contributed by atoms with Crippen LogP contribution >= 0.6 is 0 Å². The molecular weight excluding hydrogens is 257 g/mol. The first-order valence-electron chi connectivity index (χ1n) is 6.21. The van der Waals surface area contributed by atoms with Crippen LogP contribution in [0.4, 0.5) is 24.5 Å². The van der Waals surface area contributed by atoms with Gasteiger partial charge in [-0.1, -0.05) is 12.1 Å². The molecule has 1 heterocycles. The lowest BCUT2D eigenvalue weighted by atomic mass is 10.1. The number of hydrogen-bond acceptors (Lipinski definition) is 3. The highest BCUT2D eigenvalue weighted by molar-refractivity contribution is 5.72. The second-order valence-electron chi connectivity index (χ2n) is 4.61. The van der Waals surface area contributed by atoms with Crippen molar-refractivity contribution in [1.29, 1.82) is 0 Å². The summed E-state index contributed by atoms with van der Waals surface area (Å²) in [7, 11) is 0. The van der Waals surface area contributed by atoms with Crippen molar-refractivity contribution in [2.45, 2.75) is 19.1 Å². The molecule has 1 aliphatic rings. The Morgan fingerprint density at radius 1 is 1.37 bits per heavy atom. The molecule has 0 spiro atoms. The molecule has 0 aliphatic carbocycles. The summed E-state index contributed by atoms with van der Waals surface area (Å²) in [6, 6.07) is 8.00. The van der Waals surface area contributed by atoms with Gasteiger partial charge in [-0.15, -0.1) is 0 Å². The quantitative estimate of drug-likeness (QED) is 0.854. The van der Waals surface area contributed by atoms with Gasteiger partial charge in [0.2, 0.25) is 0 Å². The summed E-state index contributed by atoms with van der Waals surface area (Å²) in [5, 5.41) is 3.29. The number of nitrogens with zero attached hydrogens (tertiary/aromatic N) is 1. The maximum atomic E-state index is 12.0. The van der Waals surface area contributed by atoms with Gasteiger partial charge in [0.25, 0.3) is 0 Å². The summed E-state index contributed by atoms with van der Waals surface area (Å²) in [4.78, 5) is 2.07. The first-order valence-corrected chi connectivity index (χ1v) is 6.21. The highest BCUT2D eigenvalue weighted by Crippen LogP contribution is 2.30. The van der Waals surface area contributed by atoms with Crippen LogP contribution in [0, 0.1) is 0 Å². The van der Waals surface area contributed by atoms with Gasteiger partial charge in [0, 0.05) is 19.1 Å². The monoisotopic (exact) mass is 274 g/mol. The van der Waals surface area contributed by atoms with Crippen LogP contribution in [0.5, 0.6) is 0 Å². The van der Waals surface area contributed by atoms with Gasteiger partial charge in [-0.05, 0) is 19.1 Å². The molecule has 1 aliphatic heterocycles. The maximum absolute atomic E-state index is 12.0. The first kappa shape index (κ1) is 14.0. The van der Waals surface area contributed by atoms with Crippen LogP contribution in [-0.2, 0) is 4.74 Å². The van der Waals surface area contributed by atoms with E-state index in [1.165, 1.54) is 0 Å². The van der Waals surface area contributed by atoms with Crippen molar-refractivity contribution in [1.82, 2.24) is 0 Å². The number of benzene rings is 1. The fraction of sp³-hybridized carbons (Fsp3) is 0.538. The molecule has 1 aromatic rings. The molecule has 1 atom stereocenters. The van der Waals surface area contributed by atoms with Crippen LogP contribution in [0.3, 0.4) is 0 Å². The lowest BCUT2D eigenvalue weighted by molar-refractivity contribution is -0.173. The molecule has 1 aromatic carbocycles. The van der Waals surface area contributed by atoms with Crippen molar-refractivity contribution in [3.05, 3.63) is 24.3 Å². The molecule has 2 rings (SSSR count). The van der Waals surface area contributed by atoms with E-state index in [0.29, 0.717) is 6.54 Å². The third-order valence-electron chi connectivity index (χ3n) is 3.08.